The summed E-state index contributed by atoms with van der Waals surface area (Å²) in [5.41, 5.74) is 12.1. The average molecular weight is 289 g/mol. The Hall–Kier alpha value is -2.90. The summed E-state index contributed by atoms with van der Waals surface area (Å²) in [5.74, 6) is -2.19. The van der Waals surface area contributed by atoms with Gasteiger partial charge in [0.15, 0.2) is 5.69 Å². The van der Waals surface area contributed by atoms with Gasteiger partial charge in [-0.3, -0.25) is 4.79 Å². The predicted octanol–water partition coefficient (Wildman–Crippen LogP) is 0.347. The van der Waals surface area contributed by atoms with Gasteiger partial charge in [0.25, 0.3) is 0 Å². The number of primary amides is 1. The normalized spacial score (nSPS) is 12.0. The SMILES string of the molecule is CC(Cn1nnc(C(=O)O)c1-c1ccc(N)cc1)C(N)=O. The third kappa shape index (κ3) is 2.99. The molecule has 1 aromatic carbocycles. The van der Waals surface area contributed by atoms with E-state index in [1.54, 1.807) is 31.2 Å². The first-order chi connectivity index (χ1) is 9.90. The van der Waals surface area contributed by atoms with Gasteiger partial charge in [-0.1, -0.05) is 24.3 Å². The van der Waals surface area contributed by atoms with Gasteiger partial charge in [0.2, 0.25) is 5.91 Å². The molecule has 2 aromatic rings. The van der Waals surface area contributed by atoms with Crippen molar-refractivity contribution in [3.63, 3.8) is 0 Å². The summed E-state index contributed by atoms with van der Waals surface area (Å²) >= 11 is 0. The van der Waals surface area contributed by atoms with Crippen molar-refractivity contribution in [1.82, 2.24) is 15.0 Å². The van der Waals surface area contributed by atoms with Gasteiger partial charge in [-0.25, -0.2) is 9.48 Å². The number of carbonyl (C=O) groups excluding carboxylic acids is 1. The lowest BCUT2D eigenvalue weighted by atomic mass is 10.1. The number of hydrogen-bond acceptors (Lipinski definition) is 5. The number of aromatic nitrogens is 3. The molecule has 1 unspecified atom stereocenters. The van der Waals surface area contributed by atoms with Crippen LogP contribution in [0.4, 0.5) is 5.69 Å². The van der Waals surface area contributed by atoms with Crippen molar-refractivity contribution in [2.75, 3.05) is 5.73 Å². The summed E-state index contributed by atoms with van der Waals surface area (Å²) in [6.45, 7) is 1.78. The number of benzene rings is 1. The molecule has 0 aliphatic carbocycles. The Morgan fingerprint density at radius 2 is 1.95 bits per heavy atom. The molecule has 21 heavy (non-hydrogen) atoms. The van der Waals surface area contributed by atoms with E-state index in [4.69, 9.17) is 11.5 Å². The minimum absolute atomic E-state index is 0.148. The van der Waals surface area contributed by atoms with Gasteiger partial charge in [0.05, 0.1) is 12.5 Å². The summed E-state index contributed by atoms with van der Waals surface area (Å²) in [6, 6.07) is 6.64. The van der Waals surface area contributed by atoms with Gasteiger partial charge < -0.3 is 16.6 Å². The largest absolute Gasteiger partial charge is 0.476 e. The van der Waals surface area contributed by atoms with E-state index in [0.29, 0.717) is 16.9 Å². The zero-order chi connectivity index (χ0) is 15.6. The molecule has 8 nitrogen and oxygen atoms in total. The maximum atomic E-state index is 11.3. The zero-order valence-corrected chi connectivity index (χ0v) is 11.4. The van der Waals surface area contributed by atoms with Crippen molar-refractivity contribution in [3.05, 3.63) is 30.0 Å². The maximum absolute atomic E-state index is 11.3. The second-order valence-electron chi connectivity index (χ2n) is 4.70. The Bertz CT molecular complexity index is 678. The Balaban J connectivity index is 2.50. The number of nitrogen functional groups attached to an aromatic ring is 1. The first-order valence-corrected chi connectivity index (χ1v) is 6.22. The van der Waals surface area contributed by atoms with Gasteiger partial charge in [0, 0.05) is 11.3 Å². The summed E-state index contributed by atoms with van der Waals surface area (Å²) in [5, 5.41) is 16.7. The molecule has 0 saturated carbocycles. The monoisotopic (exact) mass is 289 g/mol. The van der Waals surface area contributed by atoms with Crippen molar-refractivity contribution in [2.24, 2.45) is 11.7 Å². The Morgan fingerprint density at radius 1 is 1.33 bits per heavy atom. The van der Waals surface area contributed by atoms with E-state index in [0.717, 1.165) is 0 Å². The lowest BCUT2D eigenvalue weighted by Gasteiger charge is -2.10. The van der Waals surface area contributed by atoms with Crippen LogP contribution >= 0.6 is 0 Å². The minimum Gasteiger partial charge on any atom is -0.476 e. The van der Waals surface area contributed by atoms with Crippen molar-refractivity contribution < 1.29 is 14.7 Å². The van der Waals surface area contributed by atoms with Gasteiger partial charge in [-0.05, 0) is 12.1 Å². The quantitative estimate of drug-likeness (QED) is 0.679. The molecule has 0 saturated heterocycles. The third-order valence-corrected chi connectivity index (χ3v) is 3.05. The maximum Gasteiger partial charge on any atom is 0.358 e. The molecule has 1 heterocycles. The molecule has 0 radical (unpaired) electrons. The van der Waals surface area contributed by atoms with Crippen LogP contribution in [0.5, 0.6) is 0 Å². The molecule has 0 spiro atoms. The van der Waals surface area contributed by atoms with E-state index in [1.165, 1.54) is 4.68 Å². The molecular formula is C13H15N5O3. The number of nitrogens with zero attached hydrogens (tertiary/aromatic N) is 3. The van der Waals surface area contributed by atoms with E-state index in [9.17, 15) is 14.7 Å². The van der Waals surface area contributed by atoms with Crippen LogP contribution in [-0.2, 0) is 11.3 Å². The van der Waals surface area contributed by atoms with Crippen molar-refractivity contribution >= 4 is 17.6 Å². The number of nitrogens with two attached hydrogens (primary N) is 2. The van der Waals surface area contributed by atoms with Gasteiger partial charge in [-0.2, -0.15) is 0 Å². The van der Waals surface area contributed by atoms with Crippen LogP contribution in [0.1, 0.15) is 17.4 Å². The van der Waals surface area contributed by atoms with Crippen LogP contribution in [0.3, 0.4) is 0 Å². The van der Waals surface area contributed by atoms with E-state index >= 15 is 0 Å². The predicted molar refractivity (Wildman–Crippen MR) is 75.2 cm³/mol. The topological polar surface area (TPSA) is 137 Å². The Labute approximate surface area is 120 Å². The molecular weight excluding hydrogens is 274 g/mol. The fraction of sp³-hybridized carbons (Fsp3) is 0.231. The molecule has 0 bridgehead atoms. The molecule has 1 atom stereocenters. The fourth-order valence-electron chi connectivity index (χ4n) is 1.86. The average Bonchev–Trinajstić information content (AvgIpc) is 2.83. The van der Waals surface area contributed by atoms with Crippen molar-refractivity contribution in [3.8, 4) is 11.3 Å². The molecule has 0 aliphatic heterocycles. The van der Waals surface area contributed by atoms with E-state index in [2.05, 4.69) is 10.3 Å². The van der Waals surface area contributed by atoms with Crippen LogP contribution < -0.4 is 11.5 Å². The lowest BCUT2D eigenvalue weighted by Crippen LogP contribution is -2.25. The Kier molecular flexibility index (Phi) is 3.88. The highest BCUT2D eigenvalue weighted by Gasteiger charge is 2.22. The summed E-state index contributed by atoms with van der Waals surface area (Å²) in [4.78, 5) is 22.4. The zero-order valence-electron chi connectivity index (χ0n) is 11.4. The van der Waals surface area contributed by atoms with E-state index < -0.39 is 17.8 Å². The summed E-state index contributed by atoms with van der Waals surface area (Å²) in [7, 11) is 0. The molecule has 5 N–H and O–H groups in total. The summed E-state index contributed by atoms with van der Waals surface area (Å²) < 4.78 is 1.37. The van der Waals surface area contributed by atoms with Crippen LogP contribution in [0, 0.1) is 5.92 Å². The van der Waals surface area contributed by atoms with Gasteiger partial charge >= 0.3 is 5.97 Å². The number of rotatable bonds is 5. The van der Waals surface area contributed by atoms with E-state index in [-0.39, 0.29) is 12.2 Å². The highest BCUT2D eigenvalue weighted by molar-refractivity contribution is 5.92. The van der Waals surface area contributed by atoms with Gasteiger partial charge in [-0.15, -0.1) is 5.10 Å². The summed E-state index contributed by atoms with van der Waals surface area (Å²) in [6.07, 6.45) is 0. The fourth-order valence-corrected chi connectivity index (χ4v) is 1.86. The first-order valence-electron chi connectivity index (χ1n) is 6.22. The smallest absolute Gasteiger partial charge is 0.358 e. The number of anilines is 1. The second-order valence-corrected chi connectivity index (χ2v) is 4.70. The van der Waals surface area contributed by atoms with Gasteiger partial charge in [0.1, 0.15) is 5.69 Å². The molecule has 0 fully saturated rings. The van der Waals surface area contributed by atoms with E-state index in [1.807, 2.05) is 0 Å². The lowest BCUT2D eigenvalue weighted by molar-refractivity contribution is -0.121. The van der Waals surface area contributed by atoms with Crippen LogP contribution in [0.15, 0.2) is 24.3 Å². The number of amides is 1. The number of carboxylic acid groups (broad SMARTS) is 1. The molecule has 2 rings (SSSR count). The molecule has 0 aliphatic rings. The molecule has 8 heteroatoms. The van der Waals surface area contributed by atoms with Crippen molar-refractivity contribution in [2.45, 2.75) is 13.5 Å². The molecule has 110 valence electrons. The number of carboxylic acids is 1. The van der Waals surface area contributed by atoms with Crippen LogP contribution in [0.2, 0.25) is 0 Å². The molecule has 1 aromatic heterocycles. The number of hydrogen-bond donors (Lipinski definition) is 3. The number of aromatic carboxylic acids is 1. The molecule has 1 amide bonds. The first kappa shape index (κ1) is 14.5. The standard InChI is InChI=1S/C13H15N5O3/c1-7(12(15)19)6-18-11(10(13(20)21)16-17-18)8-2-4-9(14)5-3-8/h2-5,7H,6,14H2,1H3,(H2,15,19)(H,20,21). The second kappa shape index (κ2) is 5.61. The minimum atomic E-state index is -1.19. The van der Waals surface area contributed by atoms with Crippen LogP contribution in [0.25, 0.3) is 11.3 Å². The van der Waals surface area contributed by atoms with Crippen molar-refractivity contribution in [1.29, 1.82) is 0 Å². The third-order valence-electron chi connectivity index (χ3n) is 3.05. The van der Waals surface area contributed by atoms with Crippen LogP contribution in [-0.4, -0.2) is 32.0 Å². The highest BCUT2D eigenvalue weighted by Crippen LogP contribution is 2.24. The Morgan fingerprint density at radius 3 is 2.48 bits per heavy atom. The highest BCUT2D eigenvalue weighted by atomic mass is 16.4. The number of carbonyl (C=O) groups is 2.